The van der Waals surface area contributed by atoms with Gasteiger partial charge in [-0.15, -0.1) is 0 Å². The van der Waals surface area contributed by atoms with Crippen molar-refractivity contribution in [1.82, 2.24) is 25.3 Å². The number of hydrogen-bond acceptors (Lipinski definition) is 8. The van der Waals surface area contributed by atoms with Crippen LogP contribution < -0.4 is 19.7 Å². The van der Waals surface area contributed by atoms with Crippen LogP contribution in [0.2, 0.25) is 5.02 Å². The molecule has 0 aliphatic carbocycles. The largest absolute Gasteiger partial charge is 0.495 e. The van der Waals surface area contributed by atoms with E-state index in [1.54, 1.807) is 31.6 Å². The zero-order valence-electron chi connectivity index (χ0n) is 19.3. The van der Waals surface area contributed by atoms with E-state index < -0.39 is 0 Å². The molecule has 1 aliphatic heterocycles. The summed E-state index contributed by atoms with van der Waals surface area (Å²) < 4.78 is 11.2. The molecular weight excluding hydrogens is 456 g/mol. The van der Waals surface area contributed by atoms with Gasteiger partial charge >= 0.3 is 0 Å². The van der Waals surface area contributed by atoms with Crippen LogP contribution in [0.4, 0.5) is 5.95 Å². The molecule has 3 heterocycles. The molecule has 2 aromatic heterocycles. The van der Waals surface area contributed by atoms with Gasteiger partial charge in [0.25, 0.3) is 5.91 Å². The smallest absolute Gasteiger partial charge is 0.258 e. The number of aryl methyl sites for hydroxylation is 1. The minimum absolute atomic E-state index is 0.184. The van der Waals surface area contributed by atoms with Gasteiger partial charge in [0.05, 0.1) is 36.3 Å². The molecule has 0 unspecified atom stereocenters. The lowest BCUT2D eigenvalue weighted by molar-refractivity contribution is 0.0944. The lowest BCUT2D eigenvalue weighted by atomic mass is 10.1. The summed E-state index contributed by atoms with van der Waals surface area (Å²) in [6.07, 6.45) is 8.18. The second-order valence-electron chi connectivity index (χ2n) is 8.03. The first kappa shape index (κ1) is 23.7. The number of nitrogens with zero attached hydrogens (tertiary/aromatic N) is 5. The van der Waals surface area contributed by atoms with E-state index in [0.29, 0.717) is 22.4 Å². The van der Waals surface area contributed by atoms with Crippen LogP contribution in [0.15, 0.2) is 36.8 Å². The number of halogens is 1. The van der Waals surface area contributed by atoms with Crippen LogP contribution in [0.25, 0.3) is 0 Å². The maximum absolute atomic E-state index is 13.0. The Balaban J connectivity index is 1.53. The lowest BCUT2D eigenvalue weighted by Gasteiger charge is -2.27. The van der Waals surface area contributed by atoms with E-state index in [2.05, 4.69) is 30.2 Å². The van der Waals surface area contributed by atoms with Crippen LogP contribution >= 0.6 is 11.6 Å². The molecule has 1 amide bonds. The Morgan fingerprint density at radius 2 is 1.94 bits per heavy atom. The van der Waals surface area contributed by atoms with Gasteiger partial charge in [0.2, 0.25) is 11.8 Å². The van der Waals surface area contributed by atoms with Gasteiger partial charge in [-0.05, 0) is 43.9 Å². The zero-order valence-corrected chi connectivity index (χ0v) is 20.0. The molecule has 0 saturated carbocycles. The van der Waals surface area contributed by atoms with Gasteiger partial charge in [0, 0.05) is 25.5 Å². The maximum Gasteiger partial charge on any atom is 0.258 e. The number of rotatable bonds is 8. The number of nitrogens with one attached hydrogen (secondary N) is 1. The molecule has 0 radical (unpaired) electrons. The fourth-order valence-corrected chi connectivity index (χ4v) is 3.88. The van der Waals surface area contributed by atoms with E-state index in [4.69, 9.17) is 21.1 Å². The fourth-order valence-electron chi connectivity index (χ4n) is 3.60. The Morgan fingerprint density at radius 1 is 1.12 bits per heavy atom. The van der Waals surface area contributed by atoms with E-state index in [0.717, 1.165) is 37.2 Å². The summed E-state index contributed by atoms with van der Waals surface area (Å²) in [6, 6.07) is 5.40. The van der Waals surface area contributed by atoms with Crippen molar-refractivity contribution in [2.24, 2.45) is 0 Å². The highest BCUT2D eigenvalue weighted by Crippen LogP contribution is 2.27. The maximum atomic E-state index is 13.0. The molecule has 1 aromatic carbocycles. The number of aromatic nitrogens is 4. The number of carbonyl (C=O) groups is 1. The Labute approximate surface area is 203 Å². The van der Waals surface area contributed by atoms with Gasteiger partial charge in [-0.25, -0.2) is 4.98 Å². The minimum Gasteiger partial charge on any atom is -0.495 e. The number of piperidine rings is 1. The summed E-state index contributed by atoms with van der Waals surface area (Å²) in [5.74, 6) is 1.01. The summed E-state index contributed by atoms with van der Waals surface area (Å²) in [5.41, 5.74) is 2.54. The van der Waals surface area contributed by atoms with Gasteiger partial charge in [-0.1, -0.05) is 17.7 Å². The molecule has 0 bridgehead atoms. The van der Waals surface area contributed by atoms with Crippen LogP contribution in [0.5, 0.6) is 11.6 Å². The van der Waals surface area contributed by atoms with Crippen molar-refractivity contribution in [3.63, 3.8) is 0 Å². The van der Waals surface area contributed by atoms with Crippen molar-refractivity contribution in [2.45, 2.75) is 39.3 Å². The number of benzene rings is 1. The minimum atomic E-state index is -0.352. The molecule has 3 aromatic rings. The van der Waals surface area contributed by atoms with Gasteiger partial charge in [0.15, 0.2) is 0 Å². The molecule has 0 atom stereocenters. The molecule has 4 rings (SSSR count). The summed E-state index contributed by atoms with van der Waals surface area (Å²) in [5, 5.41) is 3.33. The Bertz CT molecular complexity index is 1140. The van der Waals surface area contributed by atoms with E-state index >= 15 is 0 Å². The SMILES string of the molecule is COc1ccc(COc2nc(N3CCCCC3)ncc2C(=O)NCc2cnc(C)cn2)cc1Cl. The molecule has 1 aliphatic rings. The van der Waals surface area contributed by atoms with Gasteiger partial charge in [-0.3, -0.25) is 14.8 Å². The number of carbonyl (C=O) groups excluding carboxylic acids is 1. The van der Waals surface area contributed by atoms with Crippen LogP contribution in [0.1, 0.15) is 46.6 Å². The summed E-state index contributed by atoms with van der Waals surface area (Å²) in [7, 11) is 1.56. The monoisotopic (exact) mass is 482 g/mol. The number of anilines is 1. The van der Waals surface area contributed by atoms with Crippen molar-refractivity contribution in [3.05, 3.63) is 64.3 Å². The first-order valence-electron chi connectivity index (χ1n) is 11.2. The second-order valence-corrected chi connectivity index (χ2v) is 8.43. The average Bonchev–Trinajstić information content (AvgIpc) is 2.87. The zero-order chi connectivity index (χ0) is 23.9. The Hall–Kier alpha value is -3.46. The Morgan fingerprint density at radius 3 is 2.65 bits per heavy atom. The van der Waals surface area contributed by atoms with E-state index in [1.807, 2.05) is 13.0 Å². The predicted molar refractivity (Wildman–Crippen MR) is 128 cm³/mol. The van der Waals surface area contributed by atoms with Crippen molar-refractivity contribution in [3.8, 4) is 11.6 Å². The molecule has 178 valence electrons. The topological polar surface area (TPSA) is 102 Å². The van der Waals surface area contributed by atoms with Crippen molar-refractivity contribution < 1.29 is 14.3 Å². The molecule has 0 spiro atoms. The molecule has 1 N–H and O–H groups in total. The van der Waals surface area contributed by atoms with Crippen molar-refractivity contribution in [1.29, 1.82) is 0 Å². The fraction of sp³-hybridized carbons (Fsp3) is 0.375. The third-order valence-electron chi connectivity index (χ3n) is 5.48. The highest BCUT2D eigenvalue weighted by Gasteiger charge is 2.20. The van der Waals surface area contributed by atoms with Crippen LogP contribution in [0.3, 0.4) is 0 Å². The normalized spacial score (nSPS) is 13.4. The van der Waals surface area contributed by atoms with Crippen LogP contribution in [-0.4, -0.2) is 46.0 Å². The third kappa shape index (κ3) is 5.91. The number of hydrogen-bond donors (Lipinski definition) is 1. The third-order valence-corrected chi connectivity index (χ3v) is 5.78. The molecule has 34 heavy (non-hydrogen) atoms. The van der Waals surface area contributed by atoms with Crippen LogP contribution in [0, 0.1) is 6.92 Å². The van der Waals surface area contributed by atoms with E-state index in [1.165, 1.54) is 12.6 Å². The predicted octanol–water partition coefficient (Wildman–Crippen LogP) is 3.74. The number of ether oxygens (including phenoxy) is 2. The van der Waals surface area contributed by atoms with Crippen molar-refractivity contribution in [2.75, 3.05) is 25.1 Å². The van der Waals surface area contributed by atoms with Gasteiger partial charge in [0.1, 0.15) is 17.9 Å². The molecular formula is C24H27ClN6O3. The molecule has 9 nitrogen and oxygen atoms in total. The quantitative estimate of drug-likeness (QED) is 0.518. The average molecular weight is 483 g/mol. The highest BCUT2D eigenvalue weighted by atomic mass is 35.5. The summed E-state index contributed by atoms with van der Waals surface area (Å²) in [4.78, 5) is 32.6. The standard InChI is InChI=1S/C24H27ClN6O3/c1-16-11-27-18(12-26-16)13-28-22(32)19-14-29-24(31-8-4-3-5-9-31)30-23(19)34-15-17-6-7-21(33-2)20(25)10-17/h6-7,10-12,14H,3-5,8-9,13,15H2,1-2H3,(H,28,32). The number of methoxy groups -OCH3 is 1. The number of amides is 1. The van der Waals surface area contributed by atoms with Crippen molar-refractivity contribution >= 4 is 23.5 Å². The molecule has 1 fully saturated rings. The first-order valence-corrected chi connectivity index (χ1v) is 11.5. The van der Waals surface area contributed by atoms with Gasteiger partial charge < -0.3 is 19.7 Å². The first-order chi connectivity index (χ1) is 16.5. The van der Waals surface area contributed by atoms with E-state index in [-0.39, 0.29) is 30.5 Å². The Kier molecular flexibility index (Phi) is 7.74. The summed E-state index contributed by atoms with van der Waals surface area (Å²) >= 11 is 6.24. The second kappa shape index (κ2) is 11.1. The molecule has 10 heteroatoms. The van der Waals surface area contributed by atoms with E-state index in [9.17, 15) is 4.79 Å². The van der Waals surface area contributed by atoms with Crippen LogP contribution in [-0.2, 0) is 13.2 Å². The summed E-state index contributed by atoms with van der Waals surface area (Å²) in [6.45, 7) is 4.03. The lowest BCUT2D eigenvalue weighted by Crippen LogP contribution is -2.31. The van der Waals surface area contributed by atoms with Gasteiger partial charge in [-0.2, -0.15) is 4.98 Å². The highest BCUT2D eigenvalue weighted by molar-refractivity contribution is 6.32. The molecule has 1 saturated heterocycles.